The monoisotopic (exact) mass is 536 g/mol. The molecule has 210 valence electrons. The van der Waals surface area contributed by atoms with Gasteiger partial charge in [0.2, 0.25) is 5.91 Å². The van der Waals surface area contributed by atoms with E-state index < -0.39 is 11.2 Å². The lowest BCUT2D eigenvalue weighted by Crippen LogP contribution is -2.60. The molecule has 2 heterocycles. The molecule has 4 fully saturated rings. The first-order valence-corrected chi connectivity index (χ1v) is 13.8. The van der Waals surface area contributed by atoms with Gasteiger partial charge >= 0.3 is 11.7 Å². The Morgan fingerprint density at radius 3 is 2.10 bits per heavy atom. The van der Waals surface area contributed by atoms with Crippen LogP contribution in [-0.4, -0.2) is 74.1 Å². The van der Waals surface area contributed by atoms with Gasteiger partial charge < -0.3 is 26.6 Å². The third kappa shape index (κ3) is 6.00. The largest absolute Gasteiger partial charge is 0.354 e. The molecule has 1 aromatic carbocycles. The summed E-state index contributed by atoms with van der Waals surface area (Å²) in [6.07, 6.45) is 8.29. The van der Waals surface area contributed by atoms with E-state index in [0.717, 1.165) is 50.6 Å². The Balaban J connectivity index is 1.14. The van der Waals surface area contributed by atoms with E-state index in [4.69, 9.17) is 11.5 Å². The second-order valence-electron chi connectivity index (χ2n) is 12.1. The van der Waals surface area contributed by atoms with E-state index in [0.29, 0.717) is 31.9 Å². The van der Waals surface area contributed by atoms with Crippen LogP contribution in [0, 0.1) is 0 Å². The van der Waals surface area contributed by atoms with Crippen molar-refractivity contribution in [3.63, 3.8) is 0 Å². The third-order valence-corrected chi connectivity index (χ3v) is 8.63. The summed E-state index contributed by atoms with van der Waals surface area (Å²) in [5, 5.41) is 6.48. The summed E-state index contributed by atoms with van der Waals surface area (Å²) in [5.74, 6) is 0.0439. The van der Waals surface area contributed by atoms with Gasteiger partial charge in [-0.05, 0) is 76.1 Å². The van der Waals surface area contributed by atoms with Gasteiger partial charge in [0, 0.05) is 50.0 Å². The molecule has 0 spiro atoms. The second kappa shape index (κ2) is 10.4. The normalized spacial score (nSPS) is 25.0. The van der Waals surface area contributed by atoms with Crippen molar-refractivity contribution in [2.75, 3.05) is 31.5 Å². The van der Waals surface area contributed by atoms with E-state index in [1.165, 1.54) is 4.57 Å². The number of amides is 3. The quantitative estimate of drug-likeness (QED) is 0.437. The van der Waals surface area contributed by atoms with E-state index in [1.807, 2.05) is 24.3 Å². The number of nitrogens with zero attached hydrogens (tertiary/aromatic N) is 4. The number of aromatic nitrogens is 2. The number of rotatable bonds is 6. The molecule has 3 amide bonds. The van der Waals surface area contributed by atoms with Crippen molar-refractivity contribution >= 4 is 17.8 Å². The van der Waals surface area contributed by atoms with E-state index in [1.54, 1.807) is 35.9 Å². The number of fused-ring (bicyclic) bond motifs is 3. The minimum Gasteiger partial charge on any atom is -0.338 e. The van der Waals surface area contributed by atoms with Crippen LogP contribution >= 0.6 is 0 Å². The summed E-state index contributed by atoms with van der Waals surface area (Å²) in [4.78, 5) is 45.1. The summed E-state index contributed by atoms with van der Waals surface area (Å²) in [7, 11) is 0. The Kier molecular flexibility index (Phi) is 7.25. The highest BCUT2D eigenvalue weighted by molar-refractivity contribution is 5.89. The van der Waals surface area contributed by atoms with Gasteiger partial charge in [-0.3, -0.25) is 14.7 Å². The van der Waals surface area contributed by atoms with Crippen molar-refractivity contribution in [2.45, 2.75) is 75.5 Å². The summed E-state index contributed by atoms with van der Waals surface area (Å²) in [6.45, 7) is 5.69. The Hall–Kier alpha value is -3.28. The Morgan fingerprint density at radius 2 is 1.54 bits per heavy atom. The molecule has 39 heavy (non-hydrogen) atoms. The maximum atomic E-state index is 12.7. The molecule has 11 nitrogen and oxygen atoms in total. The van der Waals surface area contributed by atoms with Crippen LogP contribution in [0.5, 0.6) is 0 Å². The lowest BCUT2D eigenvalue weighted by atomic mass is 9.62. The first-order chi connectivity index (χ1) is 18.5. The molecule has 3 aliphatic carbocycles. The second-order valence-corrected chi connectivity index (χ2v) is 12.1. The molecule has 6 N–H and O–H groups in total. The Labute approximate surface area is 228 Å². The number of nitrogens with two attached hydrogens (primary N) is 2. The minimum absolute atomic E-state index is 0.0595. The van der Waals surface area contributed by atoms with Crippen LogP contribution in [0.1, 0.15) is 57.9 Å². The van der Waals surface area contributed by atoms with Gasteiger partial charge in [0.25, 0.3) is 0 Å². The Bertz CT molecular complexity index is 1250. The van der Waals surface area contributed by atoms with Crippen LogP contribution in [0.25, 0.3) is 5.69 Å². The van der Waals surface area contributed by atoms with E-state index in [-0.39, 0.29) is 28.8 Å². The summed E-state index contributed by atoms with van der Waals surface area (Å²) in [5.41, 5.74) is 13.1. The number of carbonyl (C=O) groups is 2. The van der Waals surface area contributed by atoms with Gasteiger partial charge in [-0.2, -0.15) is 4.98 Å². The zero-order chi connectivity index (χ0) is 27.8. The predicted molar refractivity (Wildman–Crippen MR) is 149 cm³/mol. The number of piperazine rings is 1. The summed E-state index contributed by atoms with van der Waals surface area (Å²) in [6, 6.07) is 9.11. The van der Waals surface area contributed by atoms with Gasteiger partial charge in [-0.1, -0.05) is 12.1 Å². The zero-order valence-electron chi connectivity index (χ0n) is 22.9. The van der Waals surface area contributed by atoms with E-state index in [2.05, 4.69) is 15.6 Å². The number of benzene rings is 1. The highest BCUT2D eigenvalue weighted by Crippen LogP contribution is 2.45. The minimum atomic E-state index is -0.946. The van der Waals surface area contributed by atoms with Gasteiger partial charge in [-0.25, -0.2) is 9.59 Å². The SMILES string of the molecule is CC(C)(N)C(=O)N1CCN(C(=O)Nc2ccn(-c3ccc(CNC45CCC(N)(CC4)CC5)cc3)c(=O)n2)CC1. The van der Waals surface area contributed by atoms with Crippen LogP contribution in [0.2, 0.25) is 0 Å². The number of nitrogens with one attached hydrogen (secondary N) is 2. The fourth-order valence-corrected chi connectivity index (χ4v) is 5.92. The number of anilines is 1. The molecular weight excluding hydrogens is 496 g/mol. The predicted octanol–water partition coefficient (Wildman–Crippen LogP) is 1.54. The molecular formula is C28H40N8O3. The molecule has 0 unspecified atom stereocenters. The number of carbonyl (C=O) groups excluding carboxylic acids is 2. The Morgan fingerprint density at radius 1 is 0.949 bits per heavy atom. The molecule has 4 aliphatic rings. The standard InChI is InChI=1S/C28H40N8O3/c1-26(2,29)23(37)34-15-17-35(18-16-34)24(38)32-22-7-14-36(25(39)33-22)21-5-3-20(4-6-21)19-31-28-11-8-27(30,9-12-28)10-13-28/h3-7,14,31H,8-13,15-19,29-30H2,1-2H3,(H,32,33,38,39). The maximum absolute atomic E-state index is 12.7. The van der Waals surface area contributed by atoms with Crippen molar-refractivity contribution in [1.29, 1.82) is 0 Å². The van der Waals surface area contributed by atoms with Crippen LogP contribution in [0.3, 0.4) is 0 Å². The molecule has 6 rings (SSSR count). The molecule has 1 aromatic heterocycles. The van der Waals surface area contributed by atoms with E-state index in [9.17, 15) is 14.4 Å². The van der Waals surface area contributed by atoms with Gasteiger partial charge in [0.1, 0.15) is 5.82 Å². The molecule has 0 atom stereocenters. The fourth-order valence-electron chi connectivity index (χ4n) is 5.92. The van der Waals surface area contributed by atoms with Crippen LogP contribution in [0.15, 0.2) is 41.3 Å². The van der Waals surface area contributed by atoms with Crippen LogP contribution < -0.4 is 27.8 Å². The molecule has 3 saturated carbocycles. The number of hydrogen-bond donors (Lipinski definition) is 4. The van der Waals surface area contributed by atoms with Crippen molar-refractivity contribution in [3.8, 4) is 5.69 Å². The van der Waals surface area contributed by atoms with E-state index >= 15 is 0 Å². The molecule has 2 aromatic rings. The fraction of sp³-hybridized carbons (Fsp3) is 0.571. The number of hydrogen-bond acceptors (Lipinski definition) is 7. The van der Waals surface area contributed by atoms with Gasteiger partial charge in [0.05, 0.1) is 11.2 Å². The molecule has 2 bridgehead atoms. The summed E-state index contributed by atoms with van der Waals surface area (Å²) >= 11 is 0. The first-order valence-electron chi connectivity index (χ1n) is 13.8. The number of urea groups is 1. The van der Waals surface area contributed by atoms with Gasteiger partial charge in [-0.15, -0.1) is 0 Å². The molecule has 0 radical (unpaired) electrons. The topological polar surface area (TPSA) is 152 Å². The average molecular weight is 537 g/mol. The van der Waals surface area contributed by atoms with Gasteiger partial charge in [0.15, 0.2) is 0 Å². The lowest BCUT2D eigenvalue weighted by molar-refractivity contribution is -0.137. The highest BCUT2D eigenvalue weighted by atomic mass is 16.2. The molecule has 1 aliphatic heterocycles. The zero-order valence-corrected chi connectivity index (χ0v) is 22.9. The lowest BCUT2D eigenvalue weighted by Gasteiger charge is -2.52. The third-order valence-electron chi connectivity index (χ3n) is 8.63. The average Bonchev–Trinajstić information content (AvgIpc) is 2.92. The molecule has 1 saturated heterocycles. The smallest absolute Gasteiger partial charge is 0.338 e. The van der Waals surface area contributed by atoms with Crippen molar-refractivity contribution in [3.05, 3.63) is 52.6 Å². The maximum Gasteiger partial charge on any atom is 0.354 e. The van der Waals surface area contributed by atoms with Crippen molar-refractivity contribution in [1.82, 2.24) is 24.7 Å². The highest BCUT2D eigenvalue weighted by Gasteiger charge is 2.46. The molecule has 11 heteroatoms. The summed E-state index contributed by atoms with van der Waals surface area (Å²) < 4.78 is 1.45. The van der Waals surface area contributed by atoms with Crippen molar-refractivity contribution < 1.29 is 9.59 Å². The van der Waals surface area contributed by atoms with Crippen molar-refractivity contribution in [2.24, 2.45) is 11.5 Å². The van der Waals surface area contributed by atoms with Crippen LogP contribution in [0.4, 0.5) is 10.6 Å². The first kappa shape index (κ1) is 27.3. The van der Waals surface area contributed by atoms with Crippen LogP contribution in [-0.2, 0) is 11.3 Å².